The number of fused-ring (bicyclic) bond motifs is 1. The molecule has 3 rings (SSSR count). The lowest BCUT2D eigenvalue weighted by molar-refractivity contribution is -0.138. The Hall–Kier alpha value is -3.06. The fraction of sp³-hybridized carbons (Fsp3) is 0.190. The predicted molar refractivity (Wildman–Crippen MR) is 108 cm³/mol. The Bertz CT molecular complexity index is 1120. The summed E-state index contributed by atoms with van der Waals surface area (Å²) in [6, 6.07) is 17.5. The van der Waals surface area contributed by atoms with Crippen molar-refractivity contribution in [2.75, 3.05) is 25.1 Å². The third kappa shape index (κ3) is 3.80. The molecule has 0 spiro atoms. The first-order valence-electron chi connectivity index (χ1n) is 8.60. The number of hydrogen-bond acceptors (Lipinski definition) is 5. The summed E-state index contributed by atoms with van der Waals surface area (Å²) in [6.07, 6.45) is 0. The van der Waals surface area contributed by atoms with Crippen LogP contribution in [-0.2, 0) is 19.6 Å². The molecule has 7 heteroatoms. The molecule has 28 heavy (non-hydrogen) atoms. The van der Waals surface area contributed by atoms with Gasteiger partial charge in [-0.2, -0.15) is 0 Å². The van der Waals surface area contributed by atoms with Crippen LogP contribution in [0.5, 0.6) is 5.75 Å². The Morgan fingerprint density at radius 1 is 0.964 bits per heavy atom. The van der Waals surface area contributed by atoms with E-state index in [0.29, 0.717) is 5.75 Å². The standard InChI is InChI=1S/C21H21NO5S/c1-15-8-11-20(26-2)19(12-15)22(14-21(23)27-3)28(24,25)18-10-9-16-6-4-5-7-17(16)13-18/h4-13H,14H2,1-3H3. The molecule has 0 atom stereocenters. The average molecular weight is 399 g/mol. The van der Waals surface area contributed by atoms with Crippen LogP contribution in [-0.4, -0.2) is 35.2 Å². The highest BCUT2D eigenvalue weighted by molar-refractivity contribution is 7.92. The topological polar surface area (TPSA) is 72.9 Å². The fourth-order valence-electron chi connectivity index (χ4n) is 2.93. The summed E-state index contributed by atoms with van der Waals surface area (Å²) in [4.78, 5) is 12.1. The zero-order chi connectivity index (χ0) is 20.3. The molecule has 0 saturated heterocycles. The van der Waals surface area contributed by atoms with E-state index in [2.05, 4.69) is 0 Å². The number of hydrogen-bond donors (Lipinski definition) is 0. The van der Waals surface area contributed by atoms with Gasteiger partial charge in [0.15, 0.2) is 0 Å². The van der Waals surface area contributed by atoms with E-state index in [1.54, 1.807) is 30.3 Å². The van der Waals surface area contributed by atoms with Gasteiger partial charge in [-0.3, -0.25) is 9.10 Å². The zero-order valence-electron chi connectivity index (χ0n) is 15.9. The Morgan fingerprint density at radius 2 is 1.68 bits per heavy atom. The predicted octanol–water partition coefficient (Wildman–Crippen LogP) is 3.53. The number of ether oxygens (including phenoxy) is 2. The number of carbonyl (C=O) groups excluding carboxylic acids is 1. The quantitative estimate of drug-likeness (QED) is 0.593. The third-order valence-corrected chi connectivity index (χ3v) is 6.17. The molecular formula is C21H21NO5S. The number of esters is 1. The minimum absolute atomic E-state index is 0.0821. The summed E-state index contributed by atoms with van der Waals surface area (Å²) in [5, 5.41) is 1.71. The molecule has 0 unspecified atom stereocenters. The van der Waals surface area contributed by atoms with Crippen LogP contribution >= 0.6 is 0 Å². The lowest BCUT2D eigenvalue weighted by atomic mass is 10.1. The first kappa shape index (κ1) is 19.7. The highest BCUT2D eigenvalue weighted by Crippen LogP contribution is 2.34. The Labute approximate surface area is 164 Å². The Balaban J connectivity index is 2.18. The number of sulfonamides is 1. The molecule has 0 bridgehead atoms. The maximum Gasteiger partial charge on any atom is 0.326 e. The van der Waals surface area contributed by atoms with Gasteiger partial charge < -0.3 is 9.47 Å². The molecule has 3 aromatic carbocycles. The van der Waals surface area contributed by atoms with Crippen LogP contribution in [0.4, 0.5) is 5.69 Å². The van der Waals surface area contributed by atoms with Gasteiger partial charge >= 0.3 is 5.97 Å². The van der Waals surface area contributed by atoms with Gasteiger partial charge in [-0.15, -0.1) is 0 Å². The lowest BCUT2D eigenvalue weighted by Crippen LogP contribution is -2.36. The maximum absolute atomic E-state index is 13.5. The second-order valence-corrected chi connectivity index (χ2v) is 8.13. The molecule has 0 aliphatic heterocycles. The van der Waals surface area contributed by atoms with Crippen LogP contribution in [0.25, 0.3) is 10.8 Å². The van der Waals surface area contributed by atoms with Crippen molar-refractivity contribution in [3.8, 4) is 5.75 Å². The van der Waals surface area contributed by atoms with E-state index in [-0.39, 0.29) is 10.6 Å². The summed E-state index contributed by atoms with van der Waals surface area (Å²) < 4.78 is 38.0. The van der Waals surface area contributed by atoms with Crippen molar-refractivity contribution in [3.63, 3.8) is 0 Å². The summed E-state index contributed by atoms with van der Waals surface area (Å²) >= 11 is 0. The second-order valence-electron chi connectivity index (χ2n) is 6.27. The molecule has 0 aliphatic carbocycles. The van der Waals surface area contributed by atoms with Gasteiger partial charge in [0.25, 0.3) is 10.0 Å². The molecule has 0 saturated carbocycles. The number of anilines is 1. The second kappa shape index (κ2) is 7.90. The number of rotatable bonds is 6. The molecule has 0 radical (unpaired) electrons. The summed E-state index contributed by atoms with van der Waals surface area (Å²) in [5.74, 6) is -0.327. The molecule has 3 aromatic rings. The van der Waals surface area contributed by atoms with Gasteiger partial charge in [-0.05, 0) is 47.5 Å². The van der Waals surface area contributed by atoms with Crippen molar-refractivity contribution in [2.45, 2.75) is 11.8 Å². The third-order valence-electron chi connectivity index (χ3n) is 4.41. The van der Waals surface area contributed by atoms with Crippen LogP contribution in [0, 0.1) is 6.92 Å². The highest BCUT2D eigenvalue weighted by Gasteiger charge is 2.30. The number of methoxy groups -OCH3 is 2. The van der Waals surface area contributed by atoms with E-state index in [9.17, 15) is 13.2 Å². The van der Waals surface area contributed by atoms with Crippen LogP contribution in [0.2, 0.25) is 0 Å². The molecule has 0 heterocycles. The van der Waals surface area contributed by atoms with Crippen molar-refractivity contribution in [3.05, 3.63) is 66.2 Å². The molecule has 0 aliphatic rings. The zero-order valence-corrected chi connectivity index (χ0v) is 16.7. The highest BCUT2D eigenvalue weighted by atomic mass is 32.2. The Morgan fingerprint density at radius 3 is 2.36 bits per heavy atom. The average Bonchev–Trinajstić information content (AvgIpc) is 2.71. The van der Waals surface area contributed by atoms with E-state index in [4.69, 9.17) is 9.47 Å². The number of nitrogens with zero attached hydrogens (tertiary/aromatic N) is 1. The van der Waals surface area contributed by atoms with E-state index >= 15 is 0 Å². The van der Waals surface area contributed by atoms with Gasteiger partial charge in [-0.25, -0.2) is 8.42 Å². The van der Waals surface area contributed by atoms with Crippen LogP contribution < -0.4 is 9.04 Å². The van der Waals surface area contributed by atoms with E-state index < -0.39 is 22.5 Å². The molecule has 6 nitrogen and oxygen atoms in total. The minimum atomic E-state index is -4.05. The van der Waals surface area contributed by atoms with Crippen molar-refractivity contribution >= 4 is 32.5 Å². The summed E-state index contributed by atoms with van der Waals surface area (Å²) in [7, 11) is -1.38. The van der Waals surface area contributed by atoms with Crippen LogP contribution in [0.3, 0.4) is 0 Å². The monoisotopic (exact) mass is 399 g/mol. The van der Waals surface area contributed by atoms with Crippen molar-refractivity contribution in [1.82, 2.24) is 0 Å². The van der Waals surface area contributed by atoms with Crippen LogP contribution in [0.1, 0.15) is 5.56 Å². The lowest BCUT2D eigenvalue weighted by Gasteiger charge is -2.25. The van der Waals surface area contributed by atoms with Crippen molar-refractivity contribution < 1.29 is 22.7 Å². The SMILES string of the molecule is COC(=O)CN(c1cc(C)ccc1OC)S(=O)(=O)c1ccc2ccccc2c1. The molecule has 0 aromatic heterocycles. The van der Waals surface area contributed by atoms with Crippen LogP contribution in [0.15, 0.2) is 65.6 Å². The van der Waals surface area contributed by atoms with Gasteiger partial charge in [0, 0.05) is 0 Å². The van der Waals surface area contributed by atoms with E-state index in [1.165, 1.54) is 20.3 Å². The molecular weight excluding hydrogens is 378 g/mol. The number of benzene rings is 3. The number of carbonyl (C=O) groups is 1. The first-order valence-corrected chi connectivity index (χ1v) is 10.0. The smallest absolute Gasteiger partial charge is 0.326 e. The summed E-state index contributed by atoms with van der Waals surface area (Å²) in [6.45, 7) is 1.37. The maximum atomic E-state index is 13.5. The van der Waals surface area contributed by atoms with E-state index in [1.807, 2.05) is 31.2 Å². The van der Waals surface area contributed by atoms with Gasteiger partial charge in [0.05, 0.1) is 24.8 Å². The van der Waals surface area contributed by atoms with Crippen molar-refractivity contribution in [1.29, 1.82) is 0 Å². The van der Waals surface area contributed by atoms with E-state index in [0.717, 1.165) is 20.6 Å². The normalized spacial score (nSPS) is 11.2. The Kier molecular flexibility index (Phi) is 5.56. The van der Waals surface area contributed by atoms with Crippen molar-refractivity contribution in [2.24, 2.45) is 0 Å². The molecule has 146 valence electrons. The van der Waals surface area contributed by atoms with Gasteiger partial charge in [0.1, 0.15) is 12.3 Å². The van der Waals surface area contributed by atoms with Gasteiger partial charge in [0.2, 0.25) is 0 Å². The number of aryl methyl sites for hydroxylation is 1. The molecule has 0 fully saturated rings. The largest absolute Gasteiger partial charge is 0.495 e. The fourth-order valence-corrected chi connectivity index (χ4v) is 4.38. The first-order chi connectivity index (χ1) is 13.4. The molecule has 0 amide bonds. The molecule has 0 N–H and O–H groups in total. The minimum Gasteiger partial charge on any atom is -0.495 e. The van der Waals surface area contributed by atoms with Gasteiger partial charge in [-0.1, -0.05) is 36.4 Å². The summed E-state index contributed by atoms with van der Waals surface area (Å²) in [5.41, 5.74) is 1.11.